The van der Waals surface area contributed by atoms with Gasteiger partial charge in [-0.15, -0.1) is 0 Å². The number of carbonyl (C=O) groups is 1. The molecular formula is C21H31NO4. The van der Waals surface area contributed by atoms with Crippen molar-refractivity contribution in [1.29, 1.82) is 5.26 Å². The van der Waals surface area contributed by atoms with E-state index in [0.29, 0.717) is 13.0 Å². The van der Waals surface area contributed by atoms with Crippen molar-refractivity contribution < 1.29 is 19.4 Å². The smallest absolute Gasteiger partial charge is 0.311 e. The van der Waals surface area contributed by atoms with E-state index >= 15 is 0 Å². The van der Waals surface area contributed by atoms with Crippen LogP contribution in [-0.2, 0) is 14.3 Å². The van der Waals surface area contributed by atoms with Gasteiger partial charge in [0.05, 0.1) is 41.8 Å². The Labute approximate surface area is 156 Å². The van der Waals surface area contributed by atoms with Crippen molar-refractivity contribution in [2.24, 2.45) is 28.1 Å². The fourth-order valence-electron chi connectivity index (χ4n) is 7.03. The van der Waals surface area contributed by atoms with Crippen LogP contribution < -0.4 is 0 Å². The molecule has 26 heavy (non-hydrogen) atoms. The van der Waals surface area contributed by atoms with Crippen LogP contribution in [0, 0.1) is 39.4 Å². The molecule has 144 valence electrons. The number of nitriles is 1. The summed E-state index contributed by atoms with van der Waals surface area (Å²) in [6, 6.07) is 2.47. The number of rotatable bonds is 1. The Balaban J connectivity index is 1.73. The first-order valence-electron chi connectivity index (χ1n) is 10.1. The Kier molecular flexibility index (Phi) is 3.83. The number of ether oxygens (including phenoxy) is 2. The van der Waals surface area contributed by atoms with E-state index in [1.165, 1.54) is 0 Å². The lowest BCUT2D eigenvalue weighted by molar-refractivity contribution is -0.215. The fourth-order valence-corrected chi connectivity index (χ4v) is 7.03. The molecule has 8 atom stereocenters. The van der Waals surface area contributed by atoms with Gasteiger partial charge in [-0.05, 0) is 63.7 Å². The summed E-state index contributed by atoms with van der Waals surface area (Å²) >= 11 is 0. The highest BCUT2D eigenvalue weighted by Crippen LogP contribution is 2.71. The minimum Gasteiger partial charge on any atom is -0.465 e. The number of hydrogen-bond donors (Lipinski definition) is 1. The average molecular weight is 361 g/mol. The molecule has 1 unspecified atom stereocenters. The van der Waals surface area contributed by atoms with Gasteiger partial charge in [-0.2, -0.15) is 5.26 Å². The molecule has 4 aliphatic rings. The van der Waals surface area contributed by atoms with E-state index in [4.69, 9.17) is 9.47 Å². The monoisotopic (exact) mass is 361 g/mol. The predicted molar refractivity (Wildman–Crippen MR) is 94.9 cm³/mol. The zero-order valence-electron chi connectivity index (χ0n) is 16.4. The molecule has 0 aromatic rings. The van der Waals surface area contributed by atoms with Gasteiger partial charge < -0.3 is 14.6 Å². The molecule has 1 N–H and O–H groups in total. The summed E-state index contributed by atoms with van der Waals surface area (Å²) in [6.45, 7) is 9.23. The number of carbonyl (C=O) groups excluding carboxylic acids is 1. The summed E-state index contributed by atoms with van der Waals surface area (Å²) in [5.41, 5.74) is -1.25. The number of aliphatic hydroxyl groups excluding tert-OH is 1. The maximum Gasteiger partial charge on any atom is 0.311 e. The zero-order chi connectivity index (χ0) is 19.0. The van der Waals surface area contributed by atoms with Gasteiger partial charge in [0.25, 0.3) is 0 Å². The molecule has 0 spiro atoms. The molecule has 2 heterocycles. The predicted octanol–water partition coefficient (Wildman–Crippen LogP) is 3.20. The number of cyclic esters (lactones) is 1. The van der Waals surface area contributed by atoms with Crippen LogP contribution in [-0.4, -0.2) is 35.5 Å². The van der Waals surface area contributed by atoms with E-state index in [0.717, 1.165) is 32.1 Å². The molecule has 0 aromatic heterocycles. The molecule has 2 saturated carbocycles. The second kappa shape index (κ2) is 5.45. The van der Waals surface area contributed by atoms with E-state index in [1.807, 2.05) is 6.92 Å². The number of hydrogen-bond acceptors (Lipinski definition) is 5. The molecule has 0 bridgehead atoms. The molecule has 0 radical (unpaired) electrons. The molecule has 5 heteroatoms. The molecule has 2 aliphatic carbocycles. The van der Waals surface area contributed by atoms with Gasteiger partial charge in [-0.25, -0.2) is 0 Å². The normalized spacial score (nSPS) is 56.4. The molecule has 5 nitrogen and oxygen atoms in total. The summed E-state index contributed by atoms with van der Waals surface area (Å²) in [4.78, 5) is 12.2. The molecule has 0 amide bonds. The molecule has 2 aliphatic heterocycles. The molecule has 4 fully saturated rings. The Morgan fingerprint density at radius 1 is 1.15 bits per heavy atom. The topological polar surface area (TPSA) is 79.6 Å². The van der Waals surface area contributed by atoms with Gasteiger partial charge in [0.15, 0.2) is 0 Å². The largest absolute Gasteiger partial charge is 0.465 e. The van der Waals surface area contributed by atoms with Crippen molar-refractivity contribution in [1.82, 2.24) is 0 Å². The molecule has 2 saturated heterocycles. The van der Waals surface area contributed by atoms with Crippen LogP contribution >= 0.6 is 0 Å². The van der Waals surface area contributed by atoms with Gasteiger partial charge in [0.2, 0.25) is 0 Å². The maximum absolute atomic E-state index is 12.2. The van der Waals surface area contributed by atoms with Crippen molar-refractivity contribution in [3.63, 3.8) is 0 Å². The molecular weight excluding hydrogens is 330 g/mol. The first-order valence-corrected chi connectivity index (χ1v) is 10.1. The van der Waals surface area contributed by atoms with Crippen LogP contribution in [0.4, 0.5) is 0 Å². The number of aliphatic hydroxyl groups is 1. The quantitative estimate of drug-likeness (QED) is 0.726. The van der Waals surface area contributed by atoms with Gasteiger partial charge in [0, 0.05) is 5.41 Å². The maximum atomic E-state index is 12.2. The summed E-state index contributed by atoms with van der Waals surface area (Å²) in [7, 11) is 0. The van der Waals surface area contributed by atoms with Crippen molar-refractivity contribution in [2.45, 2.75) is 84.0 Å². The zero-order valence-corrected chi connectivity index (χ0v) is 16.4. The molecule has 4 rings (SSSR count). The second-order valence-corrected chi connectivity index (χ2v) is 9.94. The third-order valence-electron chi connectivity index (χ3n) is 9.15. The van der Waals surface area contributed by atoms with Gasteiger partial charge >= 0.3 is 5.97 Å². The summed E-state index contributed by atoms with van der Waals surface area (Å²) in [5, 5.41) is 20.5. The summed E-state index contributed by atoms with van der Waals surface area (Å²) in [5.74, 6) is -0.143. The first-order chi connectivity index (χ1) is 12.1. The van der Waals surface area contributed by atoms with Gasteiger partial charge in [-0.3, -0.25) is 4.79 Å². The fraction of sp³-hybridized carbons (Fsp3) is 0.905. The SMILES string of the molecule is C[C@@]1(C#N)[C@H](O)CC[C@]2(C)[C@@H]1CC[C@@]1(C)O[C@H](C3CCOC3=O)C[C@]12C. The van der Waals surface area contributed by atoms with E-state index in [-0.39, 0.29) is 40.3 Å². The minimum absolute atomic E-state index is 0.0963. The van der Waals surface area contributed by atoms with Crippen molar-refractivity contribution >= 4 is 5.97 Å². The standard InChI is InChI=1S/C21H31NO4/c1-18(12-22)15-5-9-21(4)20(3,19(15,2)8-6-16(18)23)11-14(26-21)13-7-10-25-17(13)24/h13-16,23H,5-11H2,1-4H3/t13?,14-,15+,16+,18-,19+,20-,21+/m0/s1. The van der Waals surface area contributed by atoms with Crippen molar-refractivity contribution in [2.75, 3.05) is 6.61 Å². The second-order valence-electron chi connectivity index (χ2n) is 9.94. The van der Waals surface area contributed by atoms with E-state index in [2.05, 4.69) is 26.8 Å². The van der Waals surface area contributed by atoms with Gasteiger partial charge in [-0.1, -0.05) is 13.8 Å². The highest BCUT2D eigenvalue weighted by atomic mass is 16.6. The summed E-state index contributed by atoms with van der Waals surface area (Å²) < 4.78 is 11.8. The van der Waals surface area contributed by atoms with Crippen molar-refractivity contribution in [3.05, 3.63) is 0 Å². The number of fused-ring (bicyclic) bond motifs is 3. The average Bonchev–Trinajstić information content (AvgIpc) is 3.13. The summed E-state index contributed by atoms with van der Waals surface area (Å²) in [6.07, 6.45) is 4.19. The Morgan fingerprint density at radius 3 is 2.50 bits per heavy atom. The Hall–Kier alpha value is -1.12. The van der Waals surface area contributed by atoms with Crippen molar-refractivity contribution in [3.8, 4) is 6.07 Å². The first kappa shape index (κ1) is 18.3. The van der Waals surface area contributed by atoms with Crippen LogP contribution in [0.3, 0.4) is 0 Å². The van der Waals surface area contributed by atoms with E-state index in [1.54, 1.807) is 0 Å². The van der Waals surface area contributed by atoms with Crippen LogP contribution in [0.2, 0.25) is 0 Å². The lowest BCUT2D eigenvalue weighted by Gasteiger charge is -2.65. The third kappa shape index (κ3) is 2.01. The number of nitrogens with zero attached hydrogens (tertiary/aromatic N) is 1. The Bertz CT molecular complexity index is 673. The lowest BCUT2D eigenvalue weighted by Crippen LogP contribution is -2.64. The Morgan fingerprint density at radius 2 is 1.88 bits per heavy atom. The highest BCUT2D eigenvalue weighted by Gasteiger charge is 2.71. The highest BCUT2D eigenvalue weighted by molar-refractivity contribution is 5.75. The van der Waals surface area contributed by atoms with E-state index < -0.39 is 11.5 Å². The van der Waals surface area contributed by atoms with E-state index in [9.17, 15) is 15.2 Å². The van der Waals surface area contributed by atoms with Crippen LogP contribution in [0.5, 0.6) is 0 Å². The van der Waals surface area contributed by atoms with Crippen LogP contribution in [0.25, 0.3) is 0 Å². The third-order valence-corrected chi connectivity index (χ3v) is 9.15. The lowest BCUT2D eigenvalue weighted by atomic mass is 9.39. The van der Waals surface area contributed by atoms with Crippen LogP contribution in [0.15, 0.2) is 0 Å². The number of esters is 1. The minimum atomic E-state index is -0.721. The van der Waals surface area contributed by atoms with Crippen LogP contribution in [0.1, 0.15) is 66.2 Å². The van der Waals surface area contributed by atoms with Gasteiger partial charge in [0.1, 0.15) is 0 Å². The molecule has 0 aromatic carbocycles.